The molecule has 2 rings (SSSR count). The molecule has 5 heteroatoms. The van der Waals surface area contributed by atoms with Crippen LogP contribution < -0.4 is 10.6 Å². The van der Waals surface area contributed by atoms with E-state index in [0.717, 1.165) is 25.6 Å². The third-order valence-electron chi connectivity index (χ3n) is 3.37. The predicted molar refractivity (Wildman–Crippen MR) is 99.8 cm³/mol. The van der Waals surface area contributed by atoms with Gasteiger partial charge in [0.1, 0.15) is 0 Å². The van der Waals surface area contributed by atoms with Crippen LogP contribution in [0.1, 0.15) is 22.9 Å². The van der Waals surface area contributed by atoms with E-state index in [1.54, 1.807) is 11.3 Å². The Labute approximate surface area is 143 Å². The molecule has 1 aromatic heterocycles. The molecule has 2 N–H and O–H groups in total. The first-order chi connectivity index (χ1) is 11.2. The van der Waals surface area contributed by atoms with Gasteiger partial charge in [0, 0.05) is 18.0 Å². The van der Waals surface area contributed by atoms with Gasteiger partial charge in [0.15, 0.2) is 5.96 Å². The number of aliphatic imine (C=N–C) groups is 1. The smallest absolute Gasteiger partial charge is 0.191 e. The van der Waals surface area contributed by atoms with Crippen molar-refractivity contribution in [3.63, 3.8) is 0 Å². The molecule has 1 aromatic carbocycles. The maximum Gasteiger partial charge on any atom is 0.191 e. The SMILES string of the molecule is CCNC(=NCc1ccccc1CN(C)C)NCc1cccs1. The third-order valence-corrected chi connectivity index (χ3v) is 4.24. The first kappa shape index (κ1) is 17.5. The van der Waals surface area contributed by atoms with Crippen molar-refractivity contribution >= 4 is 17.3 Å². The molecule has 0 aliphatic heterocycles. The molecule has 0 unspecified atom stereocenters. The lowest BCUT2D eigenvalue weighted by Crippen LogP contribution is -2.36. The number of nitrogens with one attached hydrogen (secondary N) is 2. The Morgan fingerprint density at radius 2 is 1.87 bits per heavy atom. The summed E-state index contributed by atoms with van der Waals surface area (Å²) in [5.41, 5.74) is 2.60. The minimum atomic E-state index is 0.684. The van der Waals surface area contributed by atoms with Crippen LogP contribution in [-0.2, 0) is 19.6 Å². The van der Waals surface area contributed by atoms with Gasteiger partial charge in [-0.1, -0.05) is 30.3 Å². The van der Waals surface area contributed by atoms with Crippen molar-refractivity contribution in [3.8, 4) is 0 Å². The van der Waals surface area contributed by atoms with Crippen molar-refractivity contribution in [3.05, 3.63) is 57.8 Å². The molecule has 4 nitrogen and oxygen atoms in total. The normalized spacial score (nSPS) is 11.7. The first-order valence-electron chi connectivity index (χ1n) is 7.95. The molecule has 1 heterocycles. The molecule has 0 radical (unpaired) electrons. The van der Waals surface area contributed by atoms with Gasteiger partial charge in [-0.15, -0.1) is 11.3 Å². The molecule has 0 fully saturated rings. The molecule has 2 aromatic rings. The molecule has 0 aliphatic rings. The predicted octanol–water partition coefficient (Wildman–Crippen LogP) is 3.07. The van der Waals surface area contributed by atoms with Gasteiger partial charge in [-0.3, -0.25) is 0 Å². The Bertz CT molecular complexity index is 605. The zero-order valence-electron chi connectivity index (χ0n) is 14.2. The highest BCUT2D eigenvalue weighted by Gasteiger charge is 2.04. The Morgan fingerprint density at radius 1 is 1.09 bits per heavy atom. The molecule has 0 atom stereocenters. The van der Waals surface area contributed by atoms with E-state index in [2.05, 4.69) is 78.3 Å². The fourth-order valence-corrected chi connectivity index (χ4v) is 2.94. The van der Waals surface area contributed by atoms with E-state index in [1.807, 2.05) is 0 Å². The molecular formula is C18H26N4S. The highest BCUT2D eigenvalue weighted by molar-refractivity contribution is 7.09. The van der Waals surface area contributed by atoms with Gasteiger partial charge in [-0.25, -0.2) is 4.99 Å². The Morgan fingerprint density at radius 3 is 2.52 bits per heavy atom. The van der Waals surface area contributed by atoms with E-state index in [0.29, 0.717) is 6.54 Å². The van der Waals surface area contributed by atoms with E-state index >= 15 is 0 Å². The van der Waals surface area contributed by atoms with Crippen LogP contribution in [0, 0.1) is 0 Å². The Kier molecular flexibility index (Phi) is 7.10. The van der Waals surface area contributed by atoms with Crippen LogP contribution in [0.2, 0.25) is 0 Å². The fourth-order valence-electron chi connectivity index (χ4n) is 2.30. The summed E-state index contributed by atoms with van der Waals surface area (Å²) < 4.78 is 0. The van der Waals surface area contributed by atoms with Gasteiger partial charge in [0.2, 0.25) is 0 Å². The van der Waals surface area contributed by atoms with Crippen molar-refractivity contribution in [2.24, 2.45) is 4.99 Å². The van der Waals surface area contributed by atoms with Crippen LogP contribution >= 0.6 is 11.3 Å². The fraction of sp³-hybridized carbons (Fsp3) is 0.389. The van der Waals surface area contributed by atoms with Crippen LogP contribution in [0.25, 0.3) is 0 Å². The van der Waals surface area contributed by atoms with E-state index < -0.39 is 0 Å². The van der Waals surface area contributed by atoms with Crippen molar-refractivity contribution < 1.29 is 0 Å². The topological polar surface area (TPSA) is 39.7 Å². The summed E-state index contributed by atoms with van der Waals surface area (Å²) in [4.78, 5) is 8.22. The van der Waals surface area contributed by atoms with Gasteiger partial charge >= 0.3 is 0 Å². The molecule has 124 valence electrons. The Hall–Kier alpha value is -1.85. The first-order valence-corrected chi connectivity index (χ1v) is 8.83. The summed E-state index contributed by atoms with van der Waals surface area (Å²) in [7, 11) is 4.18. The number of hydrogen-bond acceptors (Lipinski definition) is 3. The second-order valence-electron chi connectivity index (χ2n) is 5.63. The zero-order chi connectivity index (χ0) is 16.5. The van der Waals surface area contributed by atoms with Gasteiger partial charge < -0.3 is 15.5 Å². The number of hydrogen-bond donors (Lipinski definition) is 2. The quantitative estimate of drug-likeness (QED) is 0.605. The highest BCUT2D eigenvalue weighted by atomic mass is 32.1. The molecule has 0 amide bonds. The van der Waals surface area contributed by atoms with E-state index in [9.17, 15) is 0 Å². The summed E-state index contributed by atoms with van der Waals surface area (Å²) in [6.45, 7) is 5.37. The summed E-state index contributed by atoms with van der Waals surface area (Å²) >= 11 is 1.76. The second-order valence-corrected chi connectivity index (χ2v) is 6.67. The minimum Gasteiger partial charge on any atom is -0.357 e. The van der Waals surface area contributed by atoms with Crippen molar-refractivity contribution in [2.75, 3.05) is 20.6 Å². The van der Waals surface area contributed by atoms with Crippen LogP contribution in [0.5, 0.6) is 0 Å². The summed E-state index contributed by atoms with van der Waals surface area (Å²) in [6, 6.07) is 12.7. The van der Waals surface area contributed by atoms with E-state index in [1.165, 1.54) is 16.0 Å². The monoisotopic (exact) mass is 330 g/mol. The number of rotatable bonds is 7. The molecule has 0 aliphatic carbocycles. The Balaban J connectivity index is 2.02. The van der Waals surface area contributed by atoms with Crippen molar-refractivity contribution in [1.29, 1.82) is 0 Å². The number of benzene rings is 1. The molecule has 0 spiro atoms. The van der Waals surface area contributed by atoms with Gasteiger partial charge in [-0.05, 0) is 43.6 Å². The van der Waals surface area contributed by atoms with E-state index in [4.69, 9.17) is 4.99 Å². The number of guanidine groups is 1. The maximum absolute atomic E-state index is 4.73. The minimum absolute atomic E-state index is 0.684. The van der Waals surface area contributed by atoms with Crippen LogP contribution in [0.15, 0.2) is 46.8 Å². The maximum atomic E-state index is 4.73. The number of thiophene rings is 1. The van der Waals surface area contributed by atoms with Gasteiger partial charge in [0.05, 0.1) is 13.1 Å². The van der Waals surface area contributed by atoms with Crippen LogP contribution in [0.4, 0.5) is 0 Å². The summed E-state index contributed by atoms with van der Waals surface area (Å²) in [5.74, 6) is 0.862. The zero-order valence-corrected chi connectivity index (χ0v) is 15.0. The lowest BCUT2D eigenvalue weighted by molar-refractivity contribution is 0.401. The van der Waals surface area contributed by atoms with Gasteiger partial charge in [0.25, 0.3) is 0 Å². The number of nitrogens with zero attached hydrogens (tertiary/aromatic N) is 2. The summed E-state index contributed by atoms with van der Waals surface area (Å²) in [6.07, 6.45) is 0. The molecular weight excluding hydrogens is 304 g/mol. The summed E-state index contributed by atoms with van der Waals surface area (Å²) in [5, 5.41) is 8.80. The van der Waals surface area contributed by atoms with Gasteiger partial charge in [-0.2, -0.15) is 0 Å². The molecule has 0 bridgehead atoms. The van der Waals surface area contributed by atoms with Crippen LogP contribution in [-0.4, -0.2) is 31.5 Å². The standard InChI is InChI=1S/C18H26N4S/c1-4-19-18(21-13-17-10-7-11-23-17)20-12-15-8-5-6-9-16(15)14-22(2)3/h5-11H,4,12-14H2,1-3H3,(H2,19,20,21). The van der Waals surface area contributed by atoms with Crippen molar-refractivity contribution in [1.82, 2.24) is 15.5 Å². The lowest BCUT2D eigenvalue weighted by Gasteiger charge is -2.14. The molecule has 0 saturated heterocycles. The van der Waals surface area contributed by atoms with E-state index in [-0.39, 0.29) is 0 Å². The lowest BCUT2D eigenvalue weighted by atomic mass is 10.1. The largest absolute Gasteiger partial charge is 0.357 e. The molecule has 23 heavy (non-hydrogen) atoms. The third kappa shape index (κ3) is 6.04. The second kappa shape index (κ2) is 9.33. The average Bonchev–Trinajstić information content (AvgIpc) is 3.04. The molecule has 0 saturated carbocycles. The van der Waals surface area contributed by atoms with Crippen molar-refractivity contribution in [2.45, 2.75) is 26.6 Å². The highest BCUT2D eigenvalue weighted by Crippen LogP contribution is 2.12. The average molecular weight is 331 g/mol. The van der Waals surface area contributed by atoms with Crippen LogP contribution in [0.3, 0.4) is 0 Å².